The van der Waals surface area contributed by atoms with Gasteiger partial charge in [0.2, 0.25) is 23.6 Å². The lowest BCUT2D eigenvalue weighted by molar-refractivity contribution is -0.144. The van der Waals surface area contributed by atoms with E-state index in [1.54, 1.807) is 18.2 Å². The topological polar surface area (TPSA) is 86.8 Å². The van der Waals surface area contributed by atoms with E-state index in [4.69, 9.17) is 23.2 Å². The summed E-state index contributed by atoms with van der Waals surface area (Å²) < 4.78 is 0. The third kappa shape index (κ3) is 7.12. The van der Waals surface area contributed by atoms with Gasteiger partial charge in [-0.1, -0.05) is 85.1 Å². The summed E-state index contributed by atoms with van der Waals surface area (Å²) >= 11 is 12.6. The Morgan fingerprint density at radius 3 is 2.33 bits per heavy atom. The standard InChI is InChI=1S/C31H35Cl2N3O4/c1-2-3-16-34-29(38)27(18-21-9-5-4-6-10-21)36(20-22-13-14-23(32)19-26(22)33)28(37)15-17-35-30(39)24-11-7-8-12-25(24)31(35)40/h4-10,13-14,19,24-25,27H,2-3,11-12,15-18,20H2,1H3,(H,34,38)/t24-,25+,27-/m1/s1. The van der Waals surface area contributed by atoms with E-state index in [0.717, 1.165) is 18.4 Å². The lowest BCUT2D eigenvalue weighted by Crippen LogP contribution is -2.51. The number of imide groups is 1. The van der Waals surface area contributed by atoms with Gasteiger partial charge in [0.1, 0.15) is 6.04 Å². The Bertz CT molecular complexity index is 1240. The van der Waals surface area contributed by atoms with Crippen LogP contribution in [0.15, 0.2) is 60.7 Å². The number of nitrogens with zero attached hydrogens (tertiary/aromatic N) is 2. The first-order valence-electron chi connectivity index (χ1n) is 13.8. The number of likely N-dealkylation sites (tertiary alicyclic amines) is 1. The van der Waals surface area contributed by atoms with Gasteiger partial charge in [-0.3, -0.25) is 24.1 Å². The molecular weight excluding hydrogens is 549 g/mol. The predicted molar refractivity (Wildman–Crippen MR) is 156 cm³/mol. The van der Waals surface area contributed by atoms with Crippen molar-refractivity contribution in [2.45, 2.75) is 58.0 Å². The minimum Gasteiger partial charge on any atom is -0.354 e. The molecule has 40 heavy (non-hydrogen) atoms. The Labute approximate surface area is 245 Å². The van der Waals surface area contributed by atoms with E-state index in [1.165, 1.54) is 9.80 Å². The second-order valence-corrected chi connectivity index (χ2v) is 11.2. The maximum absolute atomic E-state index is 13.9. The van der Waals surface area contributed by atoms with Gasteiger partial charge in [-0.05, 0) is 42.5 Å². The van der Waals surface area contributed by atoms with Gasteiger partial charge in [0.05, 0.1) is 11.8 Å². The first kappa shape index (κ1) is 29.8. The lowest BCUT2D eigenvalue weighted by Gasteiger charge is -2.32. The number of fused-ring (bicyclic) bond motifs is 1. The molecule has 1 aliphatic heterocycles. The summed E-state index contributed by atoms with van der Waals surface area (Å²) in [4.78, 5) is 56.1. The van der Waals surface area contributed by atoms with Crippen LogP contribution in [0, 0.1) is 11.8 Å². The fourth-order valence-electron chi connectivity index (χ4n) is 5.33. The molecule has 2 aromatic carbocycles. The largest absolute Gasteiger partial charge is 0.354 e. The molecule has 0 bridgehead atoms. The van der Waals surface area contributed by atoms with Crippen molar-refractivity contribution in [3.63, 3.8) is 0 Å². The highest BCUT2D eigenvalue weighted by Gasteiger charge is 2.47. The molecule has 1 fully saturated rings. The minimum absolute atomic E-state index is 0.0239. The van der Waals surface area contributed by atoms with E-state index in [9.17, 15) is 19.2 Å². The number of amides is 4. The monoisotopic (exact) mass is 583 g/mol. The summed E-state index contributed by atoms with van der Waals surface area (Å²) in [7, 11) is 0. The molecule has 7 nitrogen and oxygen atoms in total. The van der Waals surface area contributed by atoms with Gasteiger partial charge in [-0.15, -0.1) is 0 Å². The number of hydrogen-bond acceptors (Lipinski definition) is 4. The highest BCUT2D eigenvalue weighted by atomic mass is 35.5. The van der Waals surface area contributed by atoms with Crippen molar-refractivity contribution < 1.29 is 19.2 Å². The third-order valence-electron chi connectivity index (χ3n) is 7.60. The van der Waals surface area contributed by atoms with Crippen molar-refractivity contribution in [1.82, 2.24) is 15.1 Å². The molecule has 1 heterocycles. The zero-order valence-corrected chi connectivity index (χ0v) is 24.2. The molecule has 1 N–H and O–H groups in total. The maximum atomic E-state index is 13.9. The highest BCUT2D eigenvalue weighted by molar-refractivity contribution is 6.35. The van der Waals surface area contributed by atoms with E-state index in [-0.39, 0.29) is 55.0 Å². The van der Waals surface area contributed by atoms with Crippen LogP contribution in [-0.2, 0) is 32.1 Å². The van der Waals surface area contributed by atoms with Crippen LogP contribution in [0.5, 0.6) is 0 Å². The molecule has 2 aromatic rings. The van der Waals surface area contributed by atoms with Crippen LogP contribution in [0.25, 0.3) is 0 Å². The van der Waals surface area contributed by atoms with Crippen molar-refractivity contribution in [2.75, 3.05) is 13.1 Å². The smallest absolute Gasteiger partial charge is 0.243 e. The summed E-state index contributed by atoms with van der Waals surface area (Å²) in [6.45, 7) is 2.59. The number of benzene rings is 2. The number of rotatable bonds is 12. The SMILES string of the molecule is CCCCNC(=O)[C@@H](Cc1ccccc1)N(Cc1ccc(Cl)cc1Cl)C(=O)CCN1C(=O)[C@H]2CC=CC[C@H]2C1=O. The van der Waals surface area contributed by atoms with E-state index in [0.29, 0.717) is 41.4 Å². The average molecular weight is 585 g/mol. The number of carbonyl (C=O) groups is 4. The summed E-state index contributed by atoms with van der Waals surface area (Å²) in [5, 5.41) is 3.83. The zero-order chi connectivity index (χ0) is 28.6. The third-order valence-corrected chi connectivity index (χ3v) is 8.19. The lowest BCUT2D eigenvalue weighted by atomic mass is 9.85. The normalized spacial score (nSPS) is 18.9. The minimum atomic E-state index is -0.824. The molecule has 1 saturated heterocycles. The molecule has 2 aliphatic rings. The molecule has 3 atom stereocenters. The summed E-state index contributed by atoms with van der Waals surface area (Å²) in [5.74, 6) is -1.76. The number of hydrogen-bond donors (Lipinski definition) is 1. The van der Waals surface area contributed by atoms with Crippen LogP contribution in [0.2, 0.25) is 10.0 Å². The molecule has 4 rings (SSSR count). The number of carbonyl (C=O) groups excluding carboxylic acids is 4. The van der Waals surface area contributed by atoms with Crippen molar-refractivity contribution in [2.24, 2.45) is 11.8 Å². The fourth-order valence-corrected chi connectivity index (χ4v) is 5.80. The predicted octanol–water partition coefficient (Wildman–Crippen LogP) is 5.19. The Hall–Kier alpha value is -3.16. The van der Waals surface area contributed by atoms with E-state index < -0.39 is 6.04 Å². The Morgan fingerprint density at radius 1 is 1.02 bits per heavy atom. The second kappa shape index (κ2) is 14.0. The molecule has 9 heteroatoms. The Morgan fingerprint density at radius 2 is 1.70 bits per heavy atom. The van der Waals surface area contributed by atoms with E-state index in [1.807, 2.05) is 49.4 Å². The molecular formula is C31H35Cl2N3O4. The van der Waals surface area contributed by atoms with Crippen LogP contribution in [0.3, 0.4) is 0 Å². The molecule has 212 valence electrons. The van der Waals surface area contributed by atoms with Crippen molar-refractivity contribution in [3.05, 3.63) is 81.9 Å². The average Bonchev–Trinajstić information content (AvgIpc) is 3.20. The number of allylic oxidation sites excluding steroid dienone is 2. The molecule has 0 spiro atoms. The highest BCUT2D eigenvalue weighted by Crippen LogP contribution is 2.35. The van der Waals surface area contributed by atoms with Crippen molar-refractivity contribution in [3.8, 4) is 0 Å². The van der Waals surface area contributed by atoms with Gasteiger partial charge in [0.25, 0.3) is 0 Å². The molecule has 1 aliphatic carbocycles. The van der Waals surface area contributed by atoms with Crippen LogP contribution < -0.4 is 5.32 Å². The summed E-state index contributed by atoms with van der Waals surface area (Å²) in [6, 6.07) is 13.7. The quantitative estimate of drug-likeness (QED) is 0.211. The van der Waals surface area contributed by atoms with E-state index in [2.05, 4.69) is 5.32 Å². The molecule has 0 aromatic heterocycles. The van der Waals surface area contributed by atoms with Gasteiger partial charge in [-0.25, -0.2) is 0 Å². The second-order valence-electron chi connectivity index (χ2n) is 10.3. The van der Waals surface area contributed by atoms with Gasteiger partial charge in [0, 0.05) is 42.5 Å². The van der Waals surface area contributed by atoms with Crippen LogP contribution in [0.4, 0.5) is 0 Å². The van der Waals surface area contributed by atoms with Crippen LogP contribution in [0.1, 0.15) is 50.2 Å². The number of unbranched alkanes of at least 4 members (excludes halogenated alkanes) is 1. The van der Waals surface area contributed by atoms with Gasteiger partial charge >= 0.3 is 0 Å². The van der Waals surface area contributed by atoms with Crippen molar-refractivity contribution in [1.29, 1.82) is 0 Å². The maximum Gasteiger partial charge on any atom is 0.243 e. The van der Waals surface area contributed by atoms with Crippen molar-refractivity contribution >= 4 is 46.8 Å². The van der Waals surface area contributed by atoms with Gasteiger partial charge in [0.15, 0.2) is 0 Å². The fraction of sp³-hybridized carbons (Fsp3) is 0.419. The van der Waals surface area contributed by atoms with Crippen LogP contribution >= 0.6 is 23.2 Å². The molecule has 4 amide bonds. The first-order valence-corrected chi connectivity index (χ1v) is 14.6. The zero-order valence-electron chi connectivity index (χ0n) is 22.7. The van der Waals surface area contributed by atoms with E-state index >= 15 is 0 Å². The molecule has 0 unspecified atom stereocenters. The Balaban J connectivity index is 1.59. The molecule has 0 radical (unpaired) electrons. The summed E-state index contributed by atoms with van der Waals surface area (Å²) in [5.41, 5.74) is 1.55. The number of nitrogens with one attached hydrogen (secondary N) is 1. The van der Waals surface area contributed by atoms with Gasteiger partial charge < -0.3 is 10.2 Å². The first-order chi connectivity index (χ1) is 19.3. The summed E-state index contributed by atoms with van der Waals surface area (Å²) in [6.07, 6.45) is 6.89. The molecule has 0 saturated carbocycles. The van der Waals surface area contributed by atoms with Gasteiger partial charge in [-0.2, -0.15) is 0 Å². The van der Waals surface area contributed by atoms with Crippen LogP contribution in [-0.4, -0.2) is 52.6 Å². The Kier molecular flexibility index (Phi) is 10.4. The number of halogens is 2.